The van der Waals surface area contributed by atoms with E-state index in [0.717, 1.165) is 21.8 Å². The van der Waals surface area contributed by atoms with Crippen molar-refractivity contribution in [3.63, 3.8) is 0 Å². The molecule has 1 fully saturated rings. The van der Waals surface area contributed by atoms with Gasteiger partial charge in [0, 0.05) is 6.04 Å². The zero-order valence-corrected chi connectivity index (χ0v) is 12.8. The second-order valence-electron chi connectivity index (χ2n) is 5.10. The van der Waals surface area contributed by atoms with Crippen LogP contribution in [-0.2, 0) is 16.1 Å². The van der Waals surface area contributed by atoms with Gasteiger partial charge in [0.15, 0.2) is 0 Å². The van der Waals surface area contributed by atoms with Gasteiger partial charge in [0.2, 0.25) is 5.91 Å². The first-order valence-electron chi connectivity index (χ1n) is 7.21. The molecule has 112 valence electrons. The molecule has 1 aromatic carbocycles. The van der Waals surface area contributed by atoms with Gasteiger partial charge < -0.3 is 15.4 Å². The van der Waals surface area contributed by atoms with Gasteiger partial charge in [-0.25, -0.2) is 4.98 Å². The molecule has 1 aliphatic rings. The summed E-state index contributed by atoms with van der Waals surface area (Å²) in [7, 11) is 0. The van der Waals surface area contributed by atoms with E-state index in [2.05, 4.69) is 15.6 Å². The van der Waals surface area contributed by atoms with Crippen LogP contribution in [0.15, 0.2) is 24.3 Å². The number of benzene rings is 1. The summed E-state index contributed by atoms with van der Waals surface area (Å²) in [6.45, 7) is 4.45. The first-order valence-corrected chi connectivity index (χ1v) is 8.03. The second-order valence-corrected chi connectivity index (χ2v) is 6.22. The van der Waals surface area contributed by atoms with E-state index < -0.39 is 0 Å². The molecule has 6 heteroatoms. The molecule has 2 atom stereocenters. The lowest BCUT2D eigenvalue weighted by molar-refractivity contribution is -0.125. The molecule has 0 saturated carbocycles. The van der Waals surface area contributed by atoms with Crippen molar-refractivity contribution < 1.29 is 9.53 Å². The summed E-state index contributed by atoms with van der Waals surface area (Å²) in [5.74, 6) is -0.0722. The van der Waals surface area contributed by atoms with Crippen molar-refractivity contribution >= 4 is 27.5 Å². The minimum absolute atomic E-state index is 0.0395. The van der Waals surface area contributed by atoms with Gasteiger partial charge in [-0.2, -0.15) is 0 Å². The molecule has 2 N–H and O–H groups in total. The quantitative estimate of drug-likeness (QED) is 0.879. The number of hydrogen-bond donors (Lipinski definition) is 2. The first-order chi connectivity index (χ1) is 10.3. The molecule has 0 aliphatic carbocycles. The molecule has 5 nitrogen and oxygen atoms in total. The lowest BCUT2D eigenvalue weighted by atomic mass is 10.0. The van der Waals surface area contributed by atoms with E-state index in [4.69, 9.17) is 4.74 Å². The summed E-state index contributed by atoms with van der Waals surface area (Å²) in [6.07, 6.45) is 0. The minimum atomic E-state index is -0.112. The molecule has 2 unspecified atom stereocenters. The molecule has 2 aromatic rings. The van der Waals surface area contributed by atoms with Gasteiger partial charge >= 0.3 is 0 Å². The minimum Gasteiger partial charge on any atom is -0.379 e. The van der Waals surface area contributed by atoms with Crippen molar-refractivity contribution in [2.45, 2.75) is 19.5 Å². The fourth-order valence-electron chi connectivity index (χ4n) is 2.57. The Kier molecular flexibility index (Phi) is 4.48. The highest BCUT2D eigenvalue weighted by Crippen LogP contribution is 2.21. The lowest BCUT2D eigenvalue weighted by Crippen LogP contribution is -2.43. The Labute approximate surface area is 127 Å². The maximum atomic E-state index is 12.3. The highest BCUT2D eigenvalue weighted by atomic mass is 32.1. The van der Waals surface area contributed by atoms with E-state index in [1.54, 1.807) is 11.3 Å². The van der Waals surface area contributed by atoms with Crippen molar-refractivity contribution in [1.82, 2.24) is 15.6 Å². The molecule has 0 radical (unpaired) electrons. The maximum absolute atomic E-state index is 12.3. The topological polar surface area (TPSA) is 63.2 Å². The number of para-hydroxylation sites is 1. The second kappa shape index (κ2) is 6.51. The number of carbonyl (C=O) groups is 1. The van der Waals surface area contributed by atoms with Gasteiger partial charge in [-0.05, 0) is 18.7 Å². The van der Waals surface area contributed by atoms with Crippen molar-refractivity contribution in [1.29, 1.82) is 0 Å². The van der Waals surface area contributed by atoms with E-state index in [1.165, 1.54) is 0 Å². The van der Waals surface area contributed by atoms with Crippen LogP contribution in [0.2, 0.25) is 0 Å². The number of ether oxygens (including phenoxy) is 1. The predicted molar refractivity (Wildman–Crippen MR) is 83.2 cm³/mol. The number of likely N-dealkylation sites (N-methyl/N-ethyl adjacent to an activating group) is 1. The van der Waals surface area contributed by atoms with Crippen molar-refractivity contribution in [3.05, 3.63) is 29.3 Å². The Bertz CT molecular complexity index is 595. The van der Waals surface area contributed by atoms with Gasteiger partial charge in [0.1, 0.15) is 5.01 Å². The Morgan fingerprint density at radius 1 is 1.43 bits per heavy atom. The smallest absolute Gasteiger partial charge is 0.227 e. The Balaban J connectivity index is 1.60. The standard InChI is InChI=1S/C15H19N3O2S/c1-2-16-12-9-20-8-10(12)15(19)17-7-14-18-11-5-3-4-6-13(11)21-14/h3-6,10,12,16H,2,7-9H2,1H3,(H,17,19). The van der Waals surface area contributed by atoms with Gasteiger partial charge in [-0.1, -0.05) is 19.1 Å². The van der Waals surface area contributed by atoms with E-state index in [9.17, 15) is 4.79 Å². The van der Waals surface area contributed by atoms with Gasteiger partial charge in [0.05, 0.1) is 35.9 Å². The number of carbonyl (C=O) groups excluding carboxylic acids is 1. The third kappa shape index (κ3) is 3.23. The zero-order valence-electron chi connectivity index (χ0n) is 12.0. The number of thiazole rings is 1. The number of fused-ring (bicyclic) bond motifs is 1. The summed E-state index contributed by atoms with van der Waals surface area (Å²) in [6, 6.07) is 8.12. The van der Waals surface area contributed by atoms with Crippen LogP contribution in [0.25, 0.3) is 10.2 Å². The van der Waals surface area contributed by atoms with E-state index in [0.29, 0.717) is 19.8 Å². The van der Waals surface area contributed by atoms with Crippen LogP contribution < -0.4 is 10.6 Å². The number of rotatable bonds is 5. The monoisotopic (exact) mass is 305 g/mol. The largest absolute Gasteiger partial charge is 0.379 e. The zero-order chi connectivity index (χ0) is 14.7. The van der Waals surface area contributed by atoms with Crippen LogP contribution in [-0.4, -0.2) is 36.7 Å². The Morgan fingerprint density at radius 2 is 2.29 bits per heavy atom. The van der Waals surface area contributed by atoms with Crippen LogP contribution in [0, 0.1) is 5.92 Å². The summed E-state index contributed by atoms with van der Waals surface area (Å²) in [5, 5.41) is 7.21. The fraction of sp³-hybridized carbons (Fsp3) is 0.467. The molecule has 1 amide bonds. The highest BCUT2D eigenvalue weighted by molar-refractivity contribution is 7.18. The van der Waals surface area contributed by atoms with Gasteiger partial charge in [0.25, 0.3) is 0 Å². The van der Waals surface area contributed by atoms with E-state index in [1.807, 2.05) is 31.2 Å². The number of nitrogens with one attached hydrogen (secondary N) is 2. The molecular formula is C15H19N3O2S. The number of amides is 1. The Hall–Kier alpha value is -1.50. The third-order valence-corrected chi connectivity index (χ3v) is 4.67. The predicted octanol–water partition coefficient (Wildman–Crippen LogP) is 1.54. The third-order valence-electron chi connectivity index (χ3n) is 3.64. The molecule has 1 saturated heterocycles. The normalized spacial score (nSPS) is 21.8. The fourth-order valence-corrected chi connectivity index (χ4v) is 3.47. The summed E-state index contributed by atoms with van der Waals surface area (Å²) >= 11 is 1.62. The van der Waals surface area contributed by atoms with E-state index >= 15 is 0 Å². The van der Waals surface area contributed by atoms with Crippen molar-refractivity contribution in [2.24, 2.45) is 5.92 Å². The summed E-state index contributed by atoms with van der Waals surface area (Å²) < 4.78 is 6.56. The molecule has 0 spiro atoms. The average molecular weight is 305 g/mol. The average Bonchev–Trinajstić information content (AvgIpc) is 3.11. The molecule has 1 aliphatic heterocycles. The lowest BCUT2D eigenvalue weighted by Gasteiger charge is -2.17. The molecule has 2 heterocycles. The van der Waals surface area contributed by atoms with Crippen LogP contribution in [0.1, 0.15) is 11.9 Å². The van der Waals surface area contributed by atoms with Gasteiger partial charge in [-0.3, -0.25) is 4.79 Å². The number of aromatic nitrogens is 1. The number of nitrogens with zero attached hydrogens (tertiary/aromatic N) is 1. The van der Waals surface area contributed by atoms with Crippen LogP contribution in [0.5, 0.6) is 0 Å². The van der Waals surface area contributed by atoms with Crippen LogP contribution in [0.3, 0.4) is 0 Å². The molecule has 3 rings (SSSR count). The molecule has 21 heavy (non-hydrogen) atoms. The van der Waals surface area contributed by atoms with Crippen LogP contribution >= 0.6 is 11.3 Å². The van der Waals surface area contributed by atoms with Crippen molar-refractivity contribution in [3.8, 4) is 0 Å². The molecule has 1 aromatic heterocycles. The molecule has 0 bridgehead atoms. The summed E-state index contributed by atoms with van der Waals surface area (Å²) in [5.41, 5.74) is 0.987. The summed E-state index contributed by atoms with van der Waals surface area (Å²) in [4.78, 5) is 16.8. The molecular weight excluding hydrogens is 286 g/mol. The van der Waals surface area contributed by atoms with Gasteiger partial charge in [-0.15, -0.1) is 11.3 Å². The Morgan fingerprint density at radius 3 is 3.10 bits per heavy atom. The van der Waals surface area contributed by atoms with Crippen LogP contribution in [0.4, 0.5) is 0 Å². The first kappa shape index (κ1) is 14.4. The SMILES string of the molecule is CCNC1COCC1C(=O)NCc1nc2ccccc2s1. The highest BCUT2D eigenvalue weighted by Gasteiger charge is 2.33. The maximum Gasteiger partial charge on any atom is 0.227 e. The number of hydrogen-bond acceptors (Lipinski definition) is 5. The van der Waals surface area contributed by atoms with E-state index in [-0.39, 0.29) is 17.9 Å². The van der Waals surface area contributed by atoms with Crippen molar-refractivity contribution in [2.75, 3.05) is 19.8 Å².